The highest BCUT2D eigenvalue weighted by Crippen LogP contribution is 2.08. The Kier molecular flexibility index (Phi) is 5.46. The number of aliphatic hydroxyl groups is 1. The molecule has 0 spiro atoms. The molecule has 0 rings (SSSR count). The number of rotatable bonds is 6. The van der Waals surface area contributed by atoms with Gasteiger partial charge in [-0.3, -0.25) is 0 Å². The van der Waals surface area contributed by atoms with Crippen molar-refractivity contribution in [3.63, 3.8) is 0 Å². The van der Waals surface area contributed by atoms with Gasteiger partial charge in [-0.2, -0.15) is 0 Å². The van der Waals surface area contributed by atoms with E-state index in [1.54, 1.807) is 0 Å². The summed E-state index contributed by atoms with van der Waals surface area (Å²) < 4.78 is 5.39. The van der Waals surface area contributed by atoms with Crippen molar-refractivity contribution in [2.75, 3.05) is 20.3 Å². The number of aliphatic hydroxyl groups excluding tert-OH is 1. The zero-order valence-corrected chi connectivity index (χ0v) is 8.55. The van der Waals surface area contributed by atoms with Crippen molar-refractivity contribution in [1.29, 1.82) is 0 Å². The maximum Gasteiger partial charge on any atom is 0.0611 e. The van der Waals surface area contributed by atoms with Gasteiger partial charge in [0.25, 0.3) is 0 Å². The van der Waals surface area contributed by atoms with Crippen LogP contribution in [-0.4, -0.2) is 37.0 Å². The Hall–Kier alpha value is -0.120. The van der Waals surface area contributed by atoms with E-state index in [1.807, 2.05) is 27.8 Å². The van der Waals surface area contributed by atoms with Crippen molar-refractivity contribution in [3.8, 4) is 0 Å². The zero-order valence-electron chi connectivity index (χ0n) is 8.55. The van der Waals surface area contributed by atoms with Crippen molar-refractivity contribution in [1.82, 2.24) is 5.32 Å². The fraction of sp³-hybridized carbons (Fsp3) is 1.00. The van der Waals surface area contributed by atoms with Crippen molar-refractivity contribution in [2.45, 2.75) is 38.8 Å². The fourth-order valence-corrected chi connectivity index (χ4v) is 0.803. The summed E-state index contributed by atoms with van der Waals surface area (Å²) in [6.45, 7) is 6.84. The topological polar surface area (TPSA) is 41.5 Å². The molecule has 3 heteroatoms. The van der Waals surface area contributed by atoms with Crippen LogP contribution in [0.15, 0.2) is 0 Å². The third kappa shape index (κ3) is 4.70. The smallest absolute Gasteiger partial charge is 0.0611 e. The first-order chi connectivity index (χ1) is 5.54. The van der Waals surface area contributed by atoms with Crippen molar-refractivity contribution < 1.29 is 9.84 Å². The molecule has 0 saturated heterocycles. The molecule has 74 valence electrons. The second-order valence-corrected chi connectivity index (χ2v) is 3.64. The highest BCUT2D eigenvalue weighted by Gasteiger charge is 2.19. The van der Waals surface area contributed by atoms with Crippen LogP contribution >= 0.6 is 0 Å². The van der Waals surface area contributed by atoms with E-state index in [2.05, 4.69) is 5.32 Å². The molecule has 0 saturated carbocycles. The number of likely N-dealkylation sites (N-methyl/N-ethyl adjacent to an activating group) is 1. The van der Waals surface area contributed by atoms with Crippen LogP contribution < -0.4 is 5.32 Å². The Morgan fingerprint density at radius 3 is 2.42 bits per heavy atom. The fourth-order valence-electron chi connectivity index (χ4n) is 0.803. The second kappa shape index (κ2) is 5.51. The lowest BCUT2D eigenvalue weighted by Gasteiger charge is -2.26. The molecular weight excluding hydrogens is 154 g/mol. The molecule has 0 radical (unpaired) electrons. The molecular formula is C9H21NO2. The Labute approximate surface area is 75.1 Å². The van der Waals surface area contributed by atoms with E-state index < -0.39 is 0 Å². The van der Waals surface area contributed by atoms with Gasteiger partial charge in [0.1, 0.15) is 0 Å². The summed E-state index contributed by atoms with van der Waals surface area (Å²) >= 11 is 0. The lowest BCUT2D eigenvalue weighted by Crippen LogP contribution is -2.44. The maximum atomic E-state index is 9.03. The number of ether oxygens (including phenoxy) is 1. The molecule has 0 amide bonds. The third-order valence-corrected chi connectivity index (χ3v) is 2.06. The minimum atomic E-state index is -0.200. The number of hydrogen-bond acceptors (Lipinski definition) is 3. The highest BCUT2D eigenvalue weighted by atomic mass is 16.5. The van der Waals surface area contributed by atoms with E-state index in [-0.39, 0.29) is 18.2 Å². The van der Waals surface area contributed by atoms with Crippen molar-refractivity contribution >= 4 is 0 Å². The molecule has 12 heavy (non-hydrogen) atoms. The van der Waals surface area contributed by atoms with Gasteiger partial charge < -0.3 is 15.2 Å². The monoisotopic (exact) mass is 175 g/mol. The SMILES string of the molecule is CNC(C)(CO)CCOC(C)C. The molecule has 0 aliphatic carbocycles. The molecule has 0 bridgehead atoms. The molecule has 1 atom stereocenters. The van der Waals surface area contributed by atoms with Gasteiger partial charge in [0, 0.05) is 12.1 Å². The summed E-state index contributed by atoms with van der Waals surface area (Å²) in [6, 6.07) is 0. The van der Waals surface area contributed by atoms with E-state index >= 15 is 0 Å². The summed E-state index contributed by atoms with van der Waals surface area (Å²) in [4.78, 5) is 0. The average molecular weight is 175 g/mol. The minimum Gasteiger partial charge on any atom is -0.394 e. The van der Waals surface area contributed by atoms with E-state index in [9.17, 15) is 0 Å². The van der Waals surface area contributed by atoms with Gasteiger partial charge in [0.05, 0.1) is 12.7 Å². The van der Waals surface area contributed by atoms with Gasteiger partial charge in [-0.25, -0.2) is 0 Å². The minimum absolute atomic E-state index is 0.144. The largest absolute Gasteiger partial charge is 0.394 e. The normalized spacial score (nSPS) is 16.5. The first-order valence-electron chi connectivity index (χ1n) is 4.45. The molecule has 0 aromatic heterocycles. The predicted octanol–water partition coefficient (Wildman–Crippen LogP) is 0.772. The van der Waals surface area contributed by atoms with Gasteiger partial charge in [0.2, 0.25) is 0 Å². The number of hydrogen-bond donors (Lipinski definition) is 2. The van der Waals surface area contributed by atoms with Crippen LogP contribution in [0.25, 0.3) is 0 Å². The number of nitrogens with one attached hydrogen (secondary N) is 1. The molecule has 0 aromatic carbocycles. The van der Waals surface area contributed by atoms with E-state index in [0.717, 1.165) is 6.42 Å². The second-order valence-electron chi connectivity index (χ2n) is 3.64. The maximum absolute atomic E-state index is 9.03. The molecule has 0 aliphatic heterocycles. The third-order valence-electron chi connectivity index (χ3n) is 2.06. The summed E-state index contributed by atoms with van der Waals surface area (Å²) in [5, 5.41) is 12.1. The quantitative estimate of drug-likeness (QED) is 0.626. The zero-order chi connectivity index (χ0) is 9.61. The van der Waals surface area contributed by atoms with Crippen LogP contribution in [0.2, 0.25) is 0 Å². The van der Waals surface area contributed by atoms with Crippen LogP contribution in [0.3, 0.4) is 0 Å². The standard InChI is InChI=1S/C9H21NO2/c1-8(2)12-6-5-9(3,7-11)10-4/h8,10-11H,5-7H2,1-4H3. The molecule has 0 heterocycles. The first kappa shape index (κ1) is 11.9. The van der Waals surface area contributed by atoms with Gasteiger partial charge in [-0.05, 0) is 34.2 Å². The molecule has 0 fully saturated rings. The van der Waals surface area contributed by atoms with Crippen LogP contribution in [0, 0.1) is 0 Å². The van der Waals surface area contributed by atoms with Crippen LogP contribution in [0.1, 0.15) is 27.2 Å². The van der Waals surface area contributed by atoms with E-state index in [0.29, 0.717) is 6.61 Å². The summed E-state index contributed by atoms with van der Waals surface area (Å²) in [5.41, 5.74) is -0.200. The summed E-state index contributed by atoms with van der Waals surface area (Å²) in [5.74, 6) is 0. The Bertz CT molecular complexity index is 111. The average Bonchev–Trinajstić information content (AvgIpc) is 2.03. The van der Waals surface area contributed by atoms with Crippen molar-refractivity contribution in [2.24, 2.45) is 0 Å². The molecule has 1 unspecified atom stereocenters. The van der Waals surface area contributed by atoms with Gasteiger partial charge in [-0.15, -0.1) is 0 Å². The first-order valence-corrected chi connectivity index (χ1v) is 4.45. The van der Waals surface area contributed by atoms with Gasteiger partial charge in [-0.1, -0.05) is 0 Å². The van der Waals surface area contributed by atoms with Crippen LogP contribution in [0.5, 0.6) is 0 Å². The van der Waals surface area contributed by atoms with E-state index in [4.69, 9.17) is 9.84 Å². The molecule has 0 aromatic rings. The van der Waals surface area contributed by atoms with Gasteiger partial charge in [0.15, 0.2) is 0 Å². The molecule has 2 N–H and O–H groups in total. The Balaban J connectivity index is 3.58. The van der Waals surface area contributed by atoms with Crippen molar-refractivity contribution in [3.05, 3.63) is 0 Å². The summed E-state index contributed by atoms with van der Waals surface area (Å²) in [6.07, 6.45) is 1.10. The lowest BCUT2D eigenvalue weighted by atomic mass is 10.0. The summed E-state index contributed by atoms with van der Waals surface area (Å²) in [7, 11) is 1.85. The van der Waals surface area contributed by atoms with Crippen LogP contribution in [-0.2, 0) is 4.74 Å². The Morgan fingerprint density at radius 1 is 1.50 bits per heavy atom. The predicted molar refractivity (Wildman–Crippen MR) is 50.3 cm³/mol. The highest BCUT2D eigenvalue weighted by molar-refractivity contribution is 4.79. The molecule has 0 aliphatic rings. The van der Waals surface area contributed by atoms with Crippen LogP contribution in [0.4, 0.5) is 0 Å². The lowest BCUT2D eigenvalue weighted by molar-refractivity contribution is 0.0519. The van der Waals surface area contributed by atoms with Gasteiger partial charge >= 0.3 is 0 Å². The molecule has 3 nitrogen and oxygen atoms in total. The Morgan fingerprint density at radius 2 is 2.08 bits per heavy atom. The van der Waals surface area contributed by atoms with E-state index in [1.165, 1.54) is 0 Å².